The van der Waals surface area contributed by atoms with Crippen LogP contribution in [0.25, 0.3) is 0 Å². The van der Waals surface area contributed by atoms with E-state index >= 15 is 0 Å². The summed E-state index contributed by atoms with van der Waals surface area (Å²) < 4.78 is 10.7. The van der Waals surface area contributed by atoms with E-state index in [9.17, 15) is 0 Å². The number of hydrogen-bond donors (Lipinski definition) is 1. The number of aliphatic imine (C=N–C) groups is 1. The van der Waals surface area contributed by atoms with Crippen molar-refractivity contribution in [3.63, 3.8) is 0 Å². The molecule has 2 aromatic rings. The second kappa shape index (κ2) is 12.1. The van der Waals surface area contributed by atoms with E-state index in [2.05, 4.69) is 47.4 Å². The Morgan fingerprint density at radius 3 is 2.41 bits per heavy atom. The lowest BCUT2D eigenvalue weighted by molar-refractivity contribution is 0.354. The minimum absolute atomic E-state index is 0. The summed E-state index contributed by atoms with van der Waals surface area (Å²) in [4.78, 5) is 9.28. The lowest BCUT2D eigenvalue weighted by Crippen LogP contribution is -2.39. The van der Waals surface area contributed by atoms with Gasteiger partial charge in [0.05, 0.1) is 20.8 Å². The van der Waals surface area contributed by atoms with E-state index in [0.29, 0.717) is 0 Å². The molecule has 0 atom stereocenters. The highest BCUT2D eigenvalue weighted by molar-refractivity contribution is 14.0. The number of nitrogens with zero attached hydrogens (tertiary/aromatic N) is 2. The van der Waals surface area contributed by atoms with Gasteiger partial charge in [-0.05, 0) is 42.7 Å². The summed E-state index contributed by atoms with van der Waals surface area (Å²) in [5.74, 6) is 2.42. The van der Waals surface area contributed by atoms with Crippen molar-refractivity contribution in [3.05, 3.63) is 45.6 Å². The first-order valence-electron chi connectivity index (χ1n) is 8.81. The van der Waals surface area contributed by atoms with Crippen LogP contribution in [0.5, 0.6) is 11.5 Å². The summed E-state index contributed by atoms with van der Waals surface area (Å²) in [6.07, 6.45) is 1.99. The zero-order valence-electron chi connectivity index (χ0n) is 16.7. The summed E-state index contributed by atoms with van der Waals surface area (Å²) >= 11 is 1.85. The zero-order valence-corrected chi connectivity index (χ0v) is 19.9. The first-order chi connectivity index (χ1) is 12.6. The first kappa shape index (κ1) is 23.6. The highest BCUT2D eigenvalue weighted by Gasteiger charge is 2.09. The van der Waals surface area contributed by atoms with Crippen LogP contribution in [0.3, 0.4) is 0 Å². The fourth-order valence-corrected chi connectivity index (χ4v) is 3.59. The number of nitrogens with one attached hydrogen (secondary N) is 1. The molecule has 5 nitrogen and oxygen atoms in total. The Bertz CT molecular complexity index is 734. The summed E-state index contributed by atoms with van der Waals surface area (Å²) in [5, 5.41) is 3.44. The van der Waals surface area contributed by atoms with E-state index in [-0.39, 0.29) is 24.0 Å². The van der Waals surface area contributed by atoms with Crippen LogP contribution in [0, 0.1) is 0 Å². The SMILES string of the molecule is CCc1ccc(CNC(=NC)N(C)CCc2ccc(OC)c(OC)c2)s1.I. The van der Waals surface area contributed by atoms with Crippen LogP contribution in [0.1, 0.15) is 22.2 Å². The predicted octanol–water partition coefficient (Wildman–Crippen LogP) is 4.20. The molecular weight excluding hydrogens is 473 g/mol. The van der Waals surface area contributed by atoms with Crippen LogP contribution in [-0.4, -0.2) is 45.7 Å². The van der Waals surface area contributed by atoms with E-state index < -0.39 is 0 Å². The van der Waals surface area contributed by atoms with Crippen LogP contribution >= 0.6 is 35.3 Å². The largest absolute Gasteiger partial charge is 0.493 e. The molecular formula is C20H30IN3O2S. The molecule has 1 aromatic carbocycles. The van der Waals surface area contributed by atoms with Gasteiger partial charge in [0, 0.05) is 30.4 Å². The number of rotatable bonds is 8. The molecule has 0 aliphatic carbocycles. The normalized spacial score (nSPS) is 10.9. The Balaban J connectivity index is 0.00000364. The molecule has 0 bridgehead atoms. The molecule has 0 unspecified atom stereocenters. The van der Waals surface area contributed by atoms with Gasteiger partial charge in [0.25, 0.3) is 0 Å². The van der Waals surface area contributed by atoms with Gasteiger partial charge in [0.1, 0.15) is 0 Å². The number of guanidine groups is 1. The fraction of sp³-hybridized carbons (Fsp3) is 0.450. The second-order valence-corrected chi connectivity index (χ2v) is 7.24. The quantitative estimate of drug-likeness (QED) is 0.334. The monoisotopic (exact) mass is 503 g/mol. The topological polar surface area (TPSA) is 46.1 Å². The Labute approximate surface area is 183 Å². The molecule has 1 aromatic heterocycles. The van der Waals surface area contributed by atoms with Crippen molar-refractivity contribution in [3.8, 4) is 11.5 Å². The average Bonchev–Trinajstić information content (AvgIpc) is 3.14. The van der Waals surface area contributed by atoms with Crippen molar-refractivity contribution in [1.82, 2.24) is 10.2 Å². The number of likely N-dealkylation sites (N-methyl/N-ethyl adjacent to an activating group) is 1. The van der Waals surface area contributed by atoms with Gasteiger partial charge in [0.2, 0.25) is 0 Å². The molecule has 0 radical (unpaired) electrons. The third-order valence-corrected chi connectivity index (χ3v) is 5.47. The smallest absolute Gasteiger partial charge is 0.193 e. The van der Waals surface area contributed by atoms with E-state index in [1.165, 1.54) is 15.3 Å². The van der Waals surface area contributed by atoms with Gasteiger partial charge in [-0.15, -0.1) is 35.3 Å². The third-order valence-electron chi connectivity index (χ3n) is 4.24. The molecule has 0 amide bonds. The maximum atomic E-state index is 5.38. The highest BCUT2D eigenvalue weighted by atomic mass is 127. The number of hydrogen-bond acceptors (Lipinski definition) is 4. The molecule has 27 heavy (non-hydrogen) atoms. The van der Waals surface area contributed by atoms with Crippen LogP contribution in [0.15, 0.2) is 35.3 Å². The maximum absolute atomic E-state index is 5.38. The Morgan fingerprint density at radius 1 is 1.11 bits per heavy atom. The average molecular weight is 503 g/mol. The number of aryl methyl sites for hydroxylation is 1. The number of halogens is 1. The van der Waals surface area contributed by atoms with Crippen molar-refractivity contribution in [1.29, 1.82) is 0 Å². The van der Waals surface area contributed by atoms with Crippen LogP contribution in [0.2, 0.25) is 0 Å². The second-order valence-electron chi connectivity index (χ2n) is 5.98. The van der Waals surface area contributed by atoms with Crippen molar-refractivity contribution < 1.29 is 9.47 Å². The molecule has 150 valence electrons. The summed E-state index contributed by atoms with van der Waals surface area (Å²) in [6, 6.07) is 10.4. The standard InChI is InChI=1S/C20H29N3O2S.HI/c1-6-16-8-9-17(26-16)14-22-20(21-2)23(3)12-11-15-7-10-18(24-4)19(13-15)25-5;/h7-10,13H,6,11-12,14H2,1-5H3,(H,21,22);1H. The molecule has 0 spiro atoms. The lowest BCUT2D eigenvalue weighted by atomic mass is 10.1. The minimum atomic E-state index is 0. The molecule has 0 saturated heterocycles. The fourth-order valence-electron chi connectivity index (χ4n) is 2.70. The van der Waals surface area contributed by atoms with Crippen molar-refractivity contribution in [2.24, 2.45) is 4.99 Å². The van der Waals surface area contributed by atoms with E-state index in [0.717, 1.165) is 43.4 Å². The molecule has 7 heteroatoms. The molecule has 2 rings (SSSR count). The van der Waals surface area contributed by atoms with Gasteiger partial charge in [0.15, 0.2) is 17.5 Å². The van der Waals surface area contributed by atoms with Gasteiger partial charge >= 0.3 is 0 Å². The third kappa shape index (κ3) is 6.88. The van der Waals surface area contributed by atoms with Gasteiger partial charge in [-0.25, -0.2) is 0 Å². The van der Waals surface area contributed by atoms with Gasteiger partial charge < -0.3 is 19.7 Å². The number of benzene rings is 1. The van der Waals surface area contributed by atoms with Crippen LogP contribution in [-0.2, 0) is 19.4 Å². The van der Waals surface area contributed by atoms with Crippen molar-refractivity contribution in [2.45, 2.75) is 26.3 Å². The number of ether oxygens (including phenoxy) is 2. The Kier molecular flexibility index (Phi) is 10.5. The van der Waals surface area contributed by atoms with Crippen molar-refractivity contribution in [2.75, 3.05) is 34.9 Å². The highest BCUT2D eigenvalue weighted by Crippen LogP contribution is 2.27. The predicted molar refractivity (Wildman–Crippen MR) is 125 cm³/mol. The Morgan fingerprint density at radius 2 is 1.81 bits per heavy atom. The summed E-state index contributed by atoms with van der Waals surface area (Å²) in [5.41, 5.74) is 1.20. The minimum Gasteiger partial charge on any atom is -0.493 e. The molecule has 0 saturated carbocycles. The summed E-state index contributed by atoms with van der Waals surface area (Å²) in [6.45, 7) is 3.85. The maximum Gasteiger partial charge on any atom is 0.193 e. The van der Waals surface area contributed by atoms with E-state index in [1.807, 2.05) is 30.5 Å². The molecule has 0 aliphatic heterocycles. The van der Waals surface area contributed by atoms with Gasteiger partial charge in [-0.1, -0.05) is 13.0 Å². The zero-order chi connectivity index (χ0) is 18.9. The van der Waals surface area contributed by atoms with E-state index in [4.69, 9.17) is 9.47 Å². The van der Waals surface area contributed by atoms with Gasteiger partial charge in [-0.2, -0.15) is 0 Å². The van der Waals surface area contributed by atoms with Crippen LogP contribution < -0.4 is 14.8 Å². The van der Waals surface area contributed by atoms with Crippen molar-refractivity contribution >= 4 is 41.3 Å². The molecule has 0 aliphatic rings. The molecule has 0 fully saturated rings. The van der Waals surface area contributed by atoms with Crippen LogP contribution in [0.4, 0.5) is 0 Å². The van der Waals surface area contributed by atoms with Gasteiger partial charge in [-0.3, -0.25) is 4.99 Å². The number of methoxy groups -OCH3 is 2. The molecule has 1 N–H and O–H groups in total. The Hall–Kier alpha value is -1.48. The lowest BCUT2D eigenvalue weighted by Gasteiger charge is -2.22. The first-order valence-corrected chi connectivity index (χ1v) is 9.63. The molecule has 1 heterocycles. The number of thiophene rings is 1. The summed E-state index contributed by atoms with van der Waals surface area (Å²) in [7, 11) is 7.19. The van der Waals surface area contributed by atoms with E-state index in [1.54, 1.807) is 14.2 Å².